The summed E-state index contributed by atoms with van der Waals surface area (Å²) in [5, 5.41) is 10.8. The molecule has 0 aliphatic carbocycles. The third-order valence-corrected chi connectivity index (χ3v) is 3.92. The molecule has 0 aromatic carbocycles. The van der Waals surface area contributed by atoms with Crippen LogP contribution in [-0.4, -0.2) is 50.8 Å². The maximum atomic E-state index is 11.6. The van der Waals surface area contributed by atoms with Gasteiger partial charge < -0.3 is 21.3 Å². The Kier molecular flexibility index (Phi) is 15.0. The van der Waals surface area contributed by atoms with E-state index in [1.165, 1.54) is 0 Å². The Morgan fingerprint density at radius 1 is 0.500 bits per heavy atom. The van der Waals surface area contributed by atoms with Crippen molar-refractivity contribution in [1.29, 1.82) is 0 Å². The van der Waals surface area contributed by atoms with Crippen LogP contribution >= 0.6 is 0 Å². The van der Waals surface area contributed by atoms with Gasteiger partial charge in [0.15, 0.2) is 0 Å². The van der Waals surface area contributed by atoms with Crippen LogP contribution in [0.15, 0.2) is 0 Å². The molecule has 0 radical (unpaired) electrons. The molecule has 0 saturated heterocycles. The highest BCUT2D eigenvalue weighted by Crippen LogP contribution is 2.01. The van der Waals surface area contributed by atoms with E-state index < -0.39 is 0 Å². The smallest absolute Gasteiger partial charge is 0.219 e. The van der Waals surface area contributed by atoms with E-state index in [1.54, 1.807) is 14.1 Å². The van der Waals surface area contributed by atoms with Gasteiger partial charge in [0.1, 0.15) is 0 Å². The molecule has 0 fully saturated rings. The molecule has 4 amide bonds. The topological polar surface area (TPSA) is 116 Å². The Hall–Kier alpha value is -2.12. The van der Waals surface area contributed by atoms with Crippen LogP contribution in [0.25, 0.3) is 0 Å². The number of carbonyl (C=O) groups excluding carboxylic acids is 4. The summed E-state index contributed by atoms with van der Waals surface area (Å²) in [5.41, 5.74) is 0. The van der Waals surface area contributed by atoms with Crippen molar-refractivity contribution in [2.24, 2.45) is 0 Å². The van der Waals surface area contributed by atoms with Gasteiger partial charge in [0.05, 0.1) is 0 Å². The van der Waals surface area contributed by atoms with E-state index in [0.717, 1.165) is 12.8 Å². The minimum absolute atomic E-state index is 0.00101. The van der Waals surface area contributed by atoms with Gasteiger partial charge in [0.25, 0.3) is 0 Å². The third kappa shape index (κ3) is 15.4. The quantitative estimate of drug-likeness (QED) is 0.316. The fourth-order valence-corrected chi connectivity index (χ4v) is 2.27. The number of hydrogen-bond acceptors (Lipinski definition) is 4. The normalized spacial score (nSPS) is 10.1. The summed E-state index contributed by atoms with van der Waals surface area (Å²) in [5.74, 6) is 0.00180. The standard InChI is InChI=1S/C18H34N4O4/c1-19-15(23)9-3-5-11-17(25)21-13-7-8-14-22-18(26)12-6-4-10-16(24)20-2/h3-14H2,1-2H3,(H,19,23)(H,20,24)(H,21,25)(H,22,26). The molecular weight excluding hydrogens is 336 g/mol. The van der Waals surface area contributed by atoms with E-state index in [9.17, 15) is 19.2 Å². The van der Waals surface area contributed by atoms with Crippen LogP contribution in [0.5, 0.6) is 0 Å². The predicted molar refractivity (Wildman–Crippen MR) is 100 cm³/mol. The molecule has 0 aromatic heterocycles. The zero-order valence-electron chi connectivity index (χ0n) is 16.1. The zero-order valence-corrected chi connectivity index (χ0v) is 16.1. The lowest BCUT2D eigenvalue weighted by atomic mass is 10.1. The second kappa shape index (κ2) is 16.4. The Morgan fingerprint density at radius 3 is 1.12 bits per heavy atom. The molecule has 0 heterocycles. The molecule has 26 heavy (non-hydrogen) atoms. The highest BCUT2D eigenvalue weighted by Gasteiger charge is 2.04. The van der Waals surface area contributed by atoms with E-state index in [2.05, 4.69) is 21.3 Å². The minimum atomic E-state index is -0.00101. The van der Waals surface area contributed by atoms with Crippen molar-refractivity contribution in [2.75, 3.05) is 27.2 Å². The van der Waals surface area contributed by atoms with Crippen LogP contribution < -0.4 is 21.3 Å². The first-order chi connectivity index (χ1) is 12.5. The number of amides is 4. The lowest BCUT2D eigenvalue weighted by molar-refractivity contribution is -0.122. The lowest BCUT2D eigenvalue weighted by Crippen LogP contribution is -2.27. The molecule has 0 saturated carbocycles. The molecule has 150 valence electrons. The molecule has 8 nitrogen and oxygen atoms in total. The molecule has 0 rings (SSSR count). The Labute approximate surface area is 156 Å². The summed E-state index contributed by atoms with van der Waals surface area (Å²) in [6.07, 6.45) is 6.22. The monoisotopic (exact) mass is 370 g/mol. The van der Waals surface area contributed by atoms with Crippen molar-refractivity contribution in [3.63, 3.8) is 0 Å². The first-order valence-corrected chi connectivity index (χ1v) is 9.44. The summed E-state index contributed by atoms with van der Waals surface area (Å²) < 4.78 is 0. The second-order valence-electron chi connectivity index (χ2n) is 6.17. The van der Waals surface area contributed by atoms with Gasteiger partial charge >= 0.3 is 0 Å². The fraction of sp³-hybridized carbons (Fsp3) is 0.778. The Morgan fingerprint density at radius 2 is 0.808 bits per heavy atom. The predicted octanol–water partition coefficient (Wildman–Crippen LogP) is 0.612. The first kappa shape index (κ1) is 23.9. The number of nitrogens with one attached hydrogen (secondary N) is 4. The summed E-state index contributed by atoms with van der Waals surface area (Å²) in [6, 6.07) is 0. The van der Waals surface area contributed by atoms with E-state index >= 15 is 0 Å². The average Bonchev–Trinajstić information content (AvgIpc) is 2.64. The van der Waals surface area contributed by atoms with Crippen molar-refractivity contribution < 1.29 is 19.2 Å². The summed E-state index contributed by atoms with van der Waals surface area (Å²) in [7, 11) is 3.20. The largest absolute Gasteiger partial charge is 0.359 e. The van der Waals surface area contributed by atoms with Crippen molar-refractivity contribution in [3.05, 3.63) is 0 Å². The van der Waals surface area contributed by atoms with Gasteiger partial charge in [0, 0.05) is 52.9 Å². The van der Waals surface area contributed by atoms with Crippen molar-refractivity contribution in [1.82, 2.24) is 21.3 Å². The van der Waals surface area contributed by atoms with Gasteiger partial charge in [0.2, 0.25) is 23.6 Å². The molecule has 0 atom stereocenters. The summed E-state index contributed by atoms with van der Waals surface area (Å²) in [6.45, 7) is 1.19. The lowest BCUT2D eigenvalue weighted by Gasteiger charge is -2.07. The Bertz CT molecular complexity index is 401. The van der Waals surface area contributed by atoms with Gasteiger partial charge in [-0.2, -0.15) is 0 Å². The molecule has 8 heteroatoms. The van der Waals surface area contributed by atoms with Gasteiger partial charge in [-0.05, 0) is 38.5 Å². The SMILES string of the molecule is CNC(=O)CCCCC(=O)NCCCCNC(=O)CCCCC(=O)NC. The van der Waals surface area contributed by atoms with Crippen molar-refractivity contribution in [3.8, 4) is 0 Å². The number of hydrogen-bond donors (Lipinski definition) is 4. The number of carbonyl (C=O) groups is 4. The van der Waals surface area contributed by atoms with Gasteiger partial charge in [-0.1, -0.05) is 0 Å². The van der Waals surface area contributed by atoms with E-state index in [1.807, 2.05) is 0 Å². The van der Waals surface area contributed by atoms with Gasteiger partial charge in [-0.3, -0.25) is 19.2 Å². The second-order valence-corrected chi connectivity index (χ2v) is 6.17. The van der Waals surface area contributed by atoms with Crippen LogP contribution in [0.1, 0.15) is 64.2 Å². The zero-order chi connectivity index (χ0) is 19.6. The Balaban J connectivity index is 3.41. The third-order valence-electron chi connectivity index (χ3n) is 3.92. The average molecular weight is 370 g/mol. The van der Waals surface area contributed by atoms with Crippen molar-refractivity contribution in [2.45, 2.75) is 64.2 Å². The summed E-state index contributed by atoms with van der Waals surface area (Å²) in [4.78, 5) is 45.3. The van der Waals surface area contributed by atoms with Gasteiger partial charge in [-0.25, -0.2) is 0 Å². The van der Waals surface area contributed by atoms with Crippen LogP contribution in [0.4, 0.5) is 0 Å². The van der Waals surface area contributed by atoms with Crippen LogP contribution in [-0.2, 0) is 19.2 Å². The molecule has 0 bridgehead atoms. The molecule has 0 spiro atoms. The maximum absolute atomic E-state index is 11.6. The number of rotatable bonds is 15. The molecule has 0 unspecified atom stereocenters. The molecule has 0 aliphatic rings. The number of unbranched alkanes of at least 4 members (excludes halogenated alkanes) is 3. The van der Waals surface area contributed by atoms with Crippen LogP contribution in [0.2, 0.25) is 0 Å². The molecule has 0 aliphatic heterocycles. The minimum Gasteiger partial charge on any atom is -0.359 e. The molecule has 0 aromatic rings. The van der Waals surface area contributed by atoms with Crippen LogP contribution in [0.3, 0.4) is 0 Å². The van der Waals surface area contributed by atoms with E-state index in [-0.39, 0.29) is 23.6 Å². The fourth-order valence-electron chi connectivity index (χ4n) is 2.27. The maximum Gasteiger partial charge on any atom is 0.219 e. The first-order valence-electron chi connectivity index (χ1n) is 9.44. The highest BCUT2D eigenvalue weighted by atomic mass is 16.2. The summed E-state index contributed by atoms with van der Waals surface area (Å²) >= 11 is 0. The van der Waals surface area contributed by atoms with E-state index in [4.69, 9.17) is 0 Å². The molecule has 4 N–H and O–H groups in total. The van der Waals surface area contributed by atoms with Crippen molar-refractivity contribution >= 4 is 23.6 Å². The van der Waals surface area contributed by atoms with Gasteiger partial charge in [-0.15, -0.1) is 0 Å². The highest BCUT2D eigenvalue weighted by molar-refractivity contribution is 5.77. The van der Waals surface area contributed by atoms with E-state index in [0.29, 0.717) is 64.5 Å². The molecular formula is C18H34N4O4. The van der Waals surface area contributed by atoms with Crippen LogP contribution in [0, 0.1) is 0 Å².